The first-order valence-electron chi connectivity index (χ1n) is 5.19. The summed E-state index contributed by atoms with van der Waals surface area (Å²) in [4.78, 5) is 0. The van der Waals surface area contributed by atoms with E-state index >= 15 is 0 Å². The number of hydrogen-bond acceptors (Lipinski definition) is 2. The van der Waals surface area contributed by atoms with Gasteiger partial charge in [0.15, 0.2) is 0 Å². The van der Waals surface area contributed by atoms with Gasteiger partial charge in [0.2, 0.25) is 0 Å². The second-order valence-electron chi connectivity index (χ2n) is 3.45. The molecule has 0 aliphatic carbocycles. The van der Waals surface area contributed by atoms with Gasteiger partial charge in [0.05, 0.1) is 0 Å². The highest BCUT2D eigenvalue weighted by Crippen LogP contribution is 2.16. The Morgan fingerprint density at radius 3 is 2.38 bits per heavy atom. The van der Waals surface area contributed by atoms with Crippen molar-refractivity contribution in [2.75, 3.05) is 0 Å². The standard InChI is InChI=1S/C11H22N2/c1-4-7-8-9-11(13-12)10(5-2)6-3/h1,10-11,13H,5-9,12H2,2-3H3. The maximum atomic E-state index is 5.51. The first-order chi connectivity index (χ1) is 6.29. The van der Waals surface area contributed by atoms with Crippen molar-refractivity contribution in [3.63, 3.8) is 0 Å². The van der Waals surface area contributed by atoms with Gasteiger partial charge in [-0.2, -0.15) is 0 Å². The molecule has 1 atom stereocenters. The van der Waals surface area contributed by atoms with E-state index in [1.54, 1.807) is 0 Å². The van der Waals surface area contributed by atoms with Gasteiger partial charge in [0.1, 0.15) is 0 Å². The maximum Gasteiger partial charge on any atom is 0.0238 e. The van der Waals surface area contributed by atoms with Gasteiger partial charge in [-0.25, -0.2) is 0 Å². The molecule has 0 bridgehead atoms. The number of unbranched alkanes of at least 4 members (excludes halogenated alkanes) is 1. The van der Waals surface area contributed by atoms with Crippen LogP contribution in [0, 0.1) is 18.3 Å². The molecule has 0 aromatic rings. The Morgan fingerprint density at radius 2 is 2.00 bits per heavy atom. The number of rotatable bonds is 7. The molecule has 76 valence electrons. The van der Waals surface area contributed by atoms with Crippen molar-refractivity contribution in [1.82, 2.24) is 5.43 Å². The monoisotopic (exact) mass is 182 g/mol. The molecule has 0 rings (SSSR count). The molecule has 0 amide bonds. The third-order valence-electron chi connectivity index (χ3n) is 2.67. The molecule has 0 aliphatic rings. The van der Waals surface area contributed by atoms with Crippen LogP contribution in [-0.2, 0) is 0 Å². The quantitative estimate of drug-likeness (QED) is 0.274. The Labute approximate surface area is 82.2 Å². The zero-order chi connectivity index (χ0) is 10.1. The summed E-state index contributed by atoms with van der Waals surface area (Å²) in [5.41, 5.74) is 2.89. The maximum absolute atomic E-state index is 5.51. The fourth-order valence-electron chi connectivity index (χ4n) is 1.74. The van der Waals surface area contributed by atoms with Gasteiger partial charge < -0.3 is 0 Å². The largest absolute Gasteiger partial charge is 0.271 e. The van der Waals surface area contributed by atoms with E-state index in [1.807, 2.05) is 0 Å². The van der Waals surface area contributed by atoms with E-state index in [-0.39, 0.29) is 0 Å². The highest BCUT2D eigenvalue weighted by atomic mass is 15.2. The highest BCUT2D eigenvalue weighted by Gasteiger charge is 2.15. The van der Waals surface area contributed by atoms with E-state index in [0.717, 1.165) is 19.3 Å². The molecule has 0 saturated heterocycles. The number of nitrogens with two attached hydrogens (primary N) is 1. The van der Waals surface area contributed by atoms with Crippen molar-refractivity contribution in [2.45, 2.75) is 52.0 Å². The topological polar surface area (TPSA) is 38.0 Å². The minimum Gasteiger partial charge on any atom is -0.271 e. The van der Waals surface area contributed by atoms with Gasteiger partial charge in [-0.1, -0.05) is 26.7 Å². The van der Waals surface area contributed by atoms with Crippen LogP contribution in [0.25, 0.3) is 0 Å². The summed E-state index contributed by atoms with van der Waals surface area (Å²) in [6.07, 6.45) is 10.6. The number of hydrazine groups is 1. The molecule has 2 nitrogen and oxygen atoms in total. The molecular formula is C11H22N2. The van der Waals surface area contributed by atoms with E-state index in [2.05, 4.69) is 25.2 Å². The van der Waals surface area contributed by atoms with E-state index in [9.17, 15) is 0 Å². The normalized spacial score (nSPS) is 12.8. The average Bonchev–Trinajstić information content (AvgIpc) is 2.17. The van der Waals surface area contributed by atoms with E-state index in [0.29, 0.717) is 12.0 Å². The summed E-state index contributed by atoms with van der Waals surface area (Å²) in [7, 11) is 0. The predicted octanol–water partition coefficient (Wildman–Crippen LogP) is 2.06. The Kier molecular flexibility index (Phi) is 7.77. The van der Waals surface area contributed by atoms with Crippen LogP contribution in [-0.4, -0.2) is 6.04 Å². The van der Waals surface area contributed by atoms with E-state index in [4.69, 9.17) is 12.3 Å². The summed E-state index contributed by atoms with van der Waals surface area (Å²) in [5, 5.41) is 0. The minimum atomic E-state index is 0.434. The van der Waals surface area contributed by atoms with Gasteiger partial charge in [0, 0.05) is 12.5 Å². The zero-order valence-electron chi connectivity index (χ0n) is 8.84. The molecule has 13 heavy (non-hydrogen) atoms. The summed E-state index contributed by atoms with van der Waals surface area (Å²) in [5.74, 6) is 8.84. The average molecular weight is 182 g/mol. The molecule has 0 aromatic heterocycles. The first kappa shape index (κ1) is 12.5. The SMILES string of the molecule is C#CCCCC(NN)C(CC)CC. The van der Waals surface area contributed by atoms with E-state index in [1.165, 1.54) is 12.8 Å². The lowest BCUT2D eigenvalue weighted by atomic mass is 9.91. The van der Waals surface area contributed by atoms with Gasteiger partial charge in [-0.3, -0.25) is 11.3 Å². The van der Waals surface area contributed by atoms with Crippen LogP contribution >= 0.6 is 0 Å². The Balaban J connectivity index is 3.79. The summed E-state index contributed by atoms with van der Waals surface area (Å²) in [6.45, 7) is 4.42. The molecule has 0 saturated carbocycles. The van der Waals surface area contributed by atoms with Crippen LogP contribution in [0.1, 0.15) is 46.0 Å². The van der Waals surface area contributed by atoms with Crippen molar-refractivity contribution in [1.29, 1.82) is 0 Å². The van der Waals surface area contributed by atoms with Crippen LogP contribution in [0.15, 0.2) is 0 Å². The lowest BCUT2D eigenvalue weighted by Crippen LogP contribution is -2.40. The molecule has 0 heterocycles. The third-order valence-corrected chi connectivity index (χ3v) is 2.67. The molecule has 2 heteroatoms. The molecule has 3 N–H and O–H groups in total. The van der Waals surface area contributed by atoms with Crippen LogP contribution in [0.3, 0.4) is 0 Å². The van der Waals surface area contributed by atoms with Gasteiger partial charge in [-0.15, -0.1) is 12.3 Å². The fourth-order valence-corrected chi connectivity index (χ4v) is 1.74. The lowest BCUT2D eigenvalue weighted by molar-refractivity contribution is 0.317. The van der Waals surface area contributed by atoms with Gasteiger partial charge in [0.25, 0.3) is 0 Å². The van der Waals surface area contributed by atoms with Crippen molar-refractivity contribution in [3.8, 4) is 12.3 Å². The van der Waals surface area contributed by atoms with Gasteiger partial charge in [-0.05, 0) is 18.8 Å². The summed E-state index contributed by atoms with van der Waals surface area (Å²) < 4.78 is 0. The molecule has 0 radical (unpaired) electrons. The van der Waals surface area contributed by atoms with Crippen LogP contribution < -0.4 is 11.3 Å². The number of terminal acetylenes is 1. The molecular weight excluding hydrogens is 160 g/mol. The predicted molar refractivity (Wildman–Crippen MR) is 57.9 cm³/mol. The second kappa shape index (κ2) is 8.10. The van der Waals surface area contributed by atoms with Gasteiger partial charge >= 0.3 is 0 Å². The fraction of sp³-hybridized carbons (Fsp3) is 0.818. The zero-order valence-corrected chi connectivity index (χ0v) is 8.84. The molecule has 0 fully saturated rings. The lowest BCUT2D eigenvalue weighted by Gasteiger charge is -2.24. The first-order valence-corrected chi connectivity index (χ1v) is 5.19. The molecule has 1 unspecified atom stereocenters. The molecule has 0 aliphatic heterocycles. The number of nitrogens with one attached hydrogen (secondary N) is 1. The smallest absolute Gasteiger partial charge is 0.0238 e. The van der Waals surface area contributed by atoms with Crippen molar-refractivity contribution < 1.29 is 0 Å². The minimum absolute atomic E-state index is 0.434. The number of hydrogen-bond donors (Lipinski definition) is 2. The van der Waals surface area contributed by atoms with Crippen LogP contribution in [0.5, 0.6) is 0 Å². The van der Waals surface area contributed by atoms with E-state index < -0.39 is 0 Å². The summed E-state index contributed by atoms with van der Waals surface area (Å²) in [6, 6.07) is 0.434. The molecule has 0 spiro atoms. The Morgan fingerprint density at radius 1 is 1.38 bits per heavy atom. The van der Waals surface area contributed by atoms with Crippen LogP contribution in [0.4, 0.5) is 0 Å². The third kappa shape index (κ3) is 4.92. The van der Waals surface area contributed by atoms with Crippen molar-refractivity contribution in [2.24, 2.45) is 11.8 Å². The molecule has 0 aromatic carbocycles. The Bertz CT molecular complexity index is 145. The Hall–Kier alpha value is -0.520. The highest BCUT2D eigenvalue weighted by molar-refractivity contribution is 4.84. The second-order valence-corrected chi connectivity index (χ2v) is 3.45. The summed E-state index contributed by atoms with van der Waals surface area (Å²) >= 11 is 0. The van der Waals surface area contributed by atoms with Crippen molar-refractivity contribution in [3.05, 3.63) is 0 Å². The van der Waals surface area contributed by atoms with Crippen molar-refractivity contribution >= 4 is 0 Å². The van der Waals surface area contributed by atoms with Crippen LogP contribution in [0.2, 0.25) is 0 Å².